The van der Waals surface area contributed by atoms with Gasteiger partial charge in [0.15, 0.2) is 5.75 Å². The third-order valence-corrected chi connectivity index (χ3v) is 3.89. The van der Waals surface area contributed by atoms with Crippen molar-refractivity contribution in [2.24, 2.45) is 5.92 Å². The second-order valence-corrected chi connectivity index (χ2v) is 5.94. The maximum Gasteiger partial charge on any atom is 0.333 e. The Bertz CT molecular complexity index is 482. The Morgan fingerprint density at radius 1 is 1.38 bits per heavy atom. The van der Waals surface area contributed by atoms with Crippen molar-refractivity contribution in [3.8, 4) is 5.75 Å². The van der Waals surface area contributed by atoms with Crippen LogP contribution in [0.5, 0.6) is 5.75 Å². The predicted octanol–water partition coefficient (Wildman–Crippen LogP) is 4.37. The summed E-state index contributed by atoms with van der Waals surface area (Å²) >= 11 is 0. The summed E-state index contributed by atoms with van der Waals surface area (Å²) in [4.78, 5) is 11.0. The van der Waals surface area contributed by atoms with E-state index in [1.54, 1.807) is 18.2 Å². The molecule has 0 amide bonds. The van der Waals surface area contributed by atoms with Crippen LogP contribution in [0.15, 0.2) is 18.2 Å². The first-order chi connectivity index (χ1) is 10.1. The number of rotatable bonds is 7. The van der Waals surface area contributed by atoms with Crippen molar-refractivity contribution in [2.75, 3.05) is 11.9 Å². The van der Waals surface area contributed by atoms with Crippen LogP contribution in [0.25, 0.3) is 0 Å². The van der Waals surface area contributed by atoms with Gasteiger partial charge < -0.3 is 10.1 Å². The van der Waals surface area contributed by atoms with Crippen molar-refractivity contribution in [2.45, 2.75) is 52.1 Å². The topological polar surface area (TPSA) is 64.4 Å². The molecule has 1 saturated carbocycles. The van der Waals surface area contributed by atoms with Crippen molar-refractivity contribution in [1.82, 2.24) is 0 Å². The molecule has 116 valence electrons. The van der Waals surface area contributed by atoms with Gasteiger partial charge in [0.05, 0.1) is 11.0 Å². The molecule has 1 aromatic rings. The molecule has 0 aliphatic heterocycles. The van der Waals surface area contributed by atoms with Crippen LogP contribution in [-0.2, 0) is 0 Å². The van der Waals surface area contributed by atoms with Crippen LogP contribution in [0.3, 0.4) is 0 Å². The quantitative estimate of drug-likeness (QED) is 0.598. The van der Waals surface area contributed by atoms with Gasteiger partial charge >= 0.3 is 5.69 Å². The molecule has 0 heterocycles. The highest BCUT2D eigenvalue weighted by Gasteiger charge is 2.22. The highest BCUT2D eigenvalue weighted by molar-refractivity contribution is 5.68. The summed E-state index contributed by atoms with van der Waals surface area (Å²) in [5, 5.41) is 14.5. The summed E-state index contributed by atoms with van der Waals surface area (Å²) in [6.45, 7) is 4.50. The first-order valence-corrected chi connectivity index (χ1v) is 7.76. The van der Waals surface area contributed by atoms with E-state index in [-0.39, 0.29) is 16.7 Å². The molecule has 0 unspecified atom stereocenters. The molecular weight excluding hydrogens is 268 g/mol. The second-order valence-electron chi connectivity index (χ2n) is 5.94. The van der Waals surface area contributed by atoms with E-state index in [4.69, 9.17) is 4.74 Å². The molecule has 1 fully saturated rings. The lowest BCUT2D eigenvalue weighted by Gasteiger charge is -2.14. The molecule has 1 aliphatic rings. The van der Waals surface area contributed by atoms with Gasteiger partial charge in [0, 0.05) is 6.54 Å². The first kappa shape index (κ1) is 15.6. The van der Waals surface area contributed by atoms with Crippen LogP contribution in [0.4, 0.5) is 11.4 Å². The molecular formula is C16H24N2O3. The van der Waals surface area contributed by atoms with Crippen LogP contribution < -0.4 is 10.1 Å². The third kappa shape index (κ3) is 4.34. The van der Waals surface area contributed by atoms with Crippen LogP contribution in [0, 0.1) is 16.0 Å². The minimum Gasteiger partial charge on any atom is -0.484 e. The number of nitrogens with one attached hydrogen (secondary N) is 1. The number of nitro benzene ring substituents is 1. The zero-order valence-electron chi connectivity index (χ0n) is 12.8. The van der Waals surface area contributed by atoms with Crippen molar-refractivity contribution >= 4 is 11.4 Å². The fourth-order valence-electron chi connectivity index (χ4n) is 2.91. The summed E-state index contributed by atoms with van der Waals surface area (Å²) in [6.07, 6.45) is 6.22. The van der Waals surface area contributed by atoms with E-state index >= 15 is 0 Å². The molecule has 5 heteroatoms. The summed E-state index contributed by atoms with van der Waals surface area (Å²) in [5.41, 5.74) is 0.591. The molecule has 0 bridgehead atoms. The van der Waals surface area contributed by atoms with Gasteiger partial charge in [-0.1, -0.05) is 31.7 Å². The lowest BCUT2D eigenvalue weighted by Crippen LogP contribution is -2.11. The normalized spacial score (nSPS) is 15.4. The van der Waals surface area contributed by atoms with Crippen LogP contribution in [0.1, 0.15) is 46.0 Å². The number of hydrogen-bond donors (Lipinski definition) is 1. The molecule has 0 aromatic heterocycles. The minimum atomic E-state index is -0.365. The van der Waals surface area contributed by atoms with Gasteiger partial charge in [0.25, 0.3) is 0 Å². The standard InChI is InChI=1S/C16H24N2O3/c1-12(2)21-15-9-5-8-14(16(15)18(19)20)17-11-10-13-6-3-4-7-13/h5,8-9,12-13,17H,3-4,6-7,10-11H2,1-2H3. The van der Waals surface area contributed by atoms with Gasteiger partial charge in [-0.3, -0.25) is 10.1 Å². The first-order valence-electron chi connectivity index (χ1n) is 7.76. The fourth-order valence-corrected chi connectivity index (χ4v) is 2.91. The average molecular weight is 292 g/mol. The van der Waals surface area contributed by atoms with Gasteiger partial charge in [0.1, 0.15) is 5.69 Å². The number of anilines is 1. The molecule has 1 N–H and O–H groups in total. The number of hydrogen-bond acceptors (Lipinski definition) is 4. The third-order valence-electron chi connectivity index (χ3n) is 3.89. The molecule has 0 atom stereocenters. The molecule has 1 aliphatic carbocycles. The maximum atomic E-state index is 11.3. The Morgan fingerprint density at radius 3 is 2.71 bits per heavy atom. The Morgan fingerprint density at radius 2 is 2.10 bits per heavy atom. The maximum absolute atomic E-state index is 11.3. The average Bonchev–Trinajstić information content (AvgIpc) is 2.91. The summed E-state index contributed by atoms with van der Waals surface area (Å²) in [5.74, 6) is 1.10. The van der Waals surface area contributed by atoms with E-state index in [1.165, 1.54) is 25.7 Å². The van der Waals surface area contributed by atoms with Crippen LogP contribution in [0.2, 0.25) is 0 Å². The van der Waals surface area contributed by atoms with E-state index in [0.29, 0.717) is 11.4 Å². The highest BCUT2D eigenvalue weighted by atomic mass is 16.6. The Hall–Kier alpha value is -1.78. The zero-order chi connectivity index (χ0) is 15.2. The lowest BCUT2D eigenvalue weighted by atomic mass is 10.0. The number of nitro groups is 1. The van der Waals surface area contributed by atoms with Gasteiger partial charge in [0.2, 0.25) is 0 Å². The van der Waals surface area contributed by atoms with E-state index < -0.39 is 0 Å². The lowest BCUT2D eigenvalue weighted by molar-refractivity contribution is -0.385. The fraction of sp³-hybridized carbons (Fsp3) is 0.625. The largest absolute Gasteiger partial charge is 0.484 e. The van der Waals surface area contributed by atoms with Gasteiger partial charge in [-0.15, -0.1) is 0 Å². The smallest absolute Gasteiger partial charge is 0.333 e. The number of para-hydroxylation sites is 1. The van der Waals surface area contributed by atoms with Gasteiger partial charge in [-0.05, 0) is 38.3 Å². The summed E-state index contributed by atoms with van der Waals surface area (Å²) < 4.78 is 5.55. The van der Waals surface area contributed by atoms with Crippen LogP contribution in [-0.4, -0.2) is 17.6 Å². The van der Waals surface area contributed by atoms with E-state index in [2.05, 4.69) is 5.32 Å². The van der Waals surface area contributed by atoms with Crippen LogP contribution >= 0.6 is 0 Å². The molecule has 1 aromatic carbocycles. The zero-order valence-corrected chi connectivity index (χ0v) is 12.8. The SMILES string of the molecule is CC(C)Oc1cccc(NCCC2CCCC2)c1[N+](=O)[O-]. The predicted molar refractivity (Wildman–Crippen MR) is 83.9 cm³/mol. The summed E-state index contributed by atoms with van der Waals surface area (Å²) in [6, 6.07) is 5.20. The summed E-state index contributed by atoms with van der Waals surface area (Å²) in [7, 11) is 0. The van der Waals surface area contributed by atoms with Gasteiger partial charge in [-0.2, -0.15) is 0 Å². The highest BCUT2D eigenvalue weighted by Crippen LogP contribution is 2.35. The van der Waals surface area contributed by atoms with E-state index in [0.717, 1.165) is 18.9 Å². The molecule has 5 nitrogen and oxygen atoms in total. The molecule has 0 saturated heterocycles. The van der Waals surface area contributed by atoms with E-state index in [1.807, 2.05) is 13.8 Å². The van der Waals surface area contributed by atoms with Crippen molar-refractivity contribution in [1.29, 1.82) is 0 Å². The van der Waals surface area contributed by atoms with E-state index in [9.17, 15) is 10.1 Å². The Labute approximate surface area is 125 Å². The van der Waals surface area contributed by atoms with Crippen molar-refractivity contribution in [3.63, 3.8) is 0 Å². The molecule has 0 spiro atoms. The monoisotopic (exact) mass is 292 g/mol. The Balaban J connectivity index is 2.04. The van der Waals surface area contributed by atoms with Crippen molar-refractivity contribution < 1.29 is 9.66 Å². The second kappa shape index (κ2) is 7.29. The molecule has 2 rings (SSSR count). The minimum absolute atomic E-state index is 0.0395. The number of ether oxygens (including phenoxy) is 1. The number of nitrogens with zero attached hydrogens (tertiary/aromatic N) is 1. The van der Waals surface area contributed by atoms with Gasteiger partial charge in [-0.25, -0.2) is 0 Å². The molecule has 21 heavy (non-hydrogen) atoms. The van der Waals surface area contributed by atoms with Crippen molar-refractivity contribution in [3.05, 3.63) is 28.3 Å². The molecule has 0 radical (unpaired) electrons. The number of benzene rings is 1. The Kier molecular flexibility index (Phi) is 5.42.